The molecule has 2 aromatic rings. The first-order chi connectivity index (χ1) is 11.2. The average Bonchev–Trinajstić information content (AvgIpc) is 2.51. The summed E-state index contributed by atoms with van der Waals surface area (Å²) in [6, 6.07) is 14.0. The summed E-state index contributed by atoms with van der Waals surface area (Å²) in [4.78, 5) is 0.143. The van der Waals surface area contributed by atoms with E-state index in [1.54, 1.807) is 12.1 Å². The van der Waals surface area contributed by atoms with E-state index in [-0.39, 0.29) is 23.5 Å². The van der Waals surface area contributed by atoms with Gasteiger partial charge in [0.1, 0.15) is 12.4 Å². The summed E-state index contributed by atoms with van der Waals surface area (Å²) in [6.45, 7) is 6.81. The van der Waals surface area contributed by atoms with Crippen LogP contribution in [0.2, 0.25) is 5.02 Å². The Balaban J connectivity index is 1.91. The molecule has 0 aliphatic rings. The topological polar surface area (TPSA) is 55.4 Å². The molecular formula is C18H22ClNO3S. The summed E-state index contributed by atoms with van der Waals surface area (Å²) < 4.78 is 32.5. The third-order valence-corrected chi connectivity index (χ3v) is 5.16. The highest BCUT2D eigenvalue weighted by atomic mass is 35.5. The molecular weight excluding hydrogens is 346 g/mol. The molecule has 0 fully saturated rings. The number of hydrogen-bond acceptors (Lipinski definition) is 3. The Morgan fingerprint density at radius 2 is 1.79 bits per heavy atom. The fraction of sp³-hybridized carbons (Fsp3) is 0.333. The molecule has 4 nitrogen and oxygen atoms in total. The smallest absolute Gasteiger partial charge is 0.240 e. The van der Waals surface area contributed by atoms with Crippen LogP contribution in [0.4, 0.5) is 0 Å². The molecule has 0 amide bonds. The molecule has 24 heavy (non-hydrogen) atoms. The van der Waals surface area contributed by atoms with Crippen LogP contribution >= 0.6 is 11.6 Å². The highest BCUT2D eigenvalue weighted by molar-refractivity contribution is 7.89. The number of rotatable bonds is 6. The summed E-state index contributed by atoms with van der Waals surface area (Å²) in [5.41, 5.74) is 1.20. The minimum absolute atomic E-state index is 0.0353. The number of hydrogen-bond donors (Lipinski definition) is 1. The van der Waals surface area contributed by atoms with Gasteiger partial charge in [0, 0.05) is 11.6 Å². The fourth-order valence-corrected chi connectivity index (χ4v) is 3.43. The molecule has 0 aromatic heterocycles. The number of ether oxygens (including phenoxy) is 1. The highest BCUT2D eigenvalue weighted by Crippen LogP contribution is 2.25. The summed E-state index contributed by atoms with van der Waals surface area (Å²) in [5.74, 6) is 0.726. The molecule has 0 unspecified atom stereocenters. The predicted octanol–water partition coefficient (Wildman–Crippen LogP) is 3.99. The highest BCUT2D eigenvalue weighted by Gasteiger charge is 2.15. The molecule has 2 rings (SSSR count). The number of halogens is 1. The summed E-state index contributed by atoms with van der Waals surface area (Å²) in [7, 11) is -3.58. The Labute approximate surface area is 148 Å². The zero-order valence-electron chi connectivity index (χ0n) is 14.0. The lowest BCUT2D eigenvalue weighted by atomic mass is 9.87. The van der Waals surface area contributed by atoms with Gasteiger partial charge in [0.05, 0.1) is 4.90 Å². The fourth-order valence-electron chi connectivity index (χ4n) is 2.11. The van der Waals surface area contributed by atoms with Crippen molar-refractivity contribution in [1.82, 2.24) is 4.72 Å². The minimum Gasteiger partial charge on any atom is -0.492 e. The molecule has 0 saturated heterocycles. The molecule has 1 N–H and O–H groups in total. The van der Waals surface area contributed by atoms with Crippen LogP contribution in [0.1, 0.15) is 26.3 Å². The molecule has 0 aliphatic heterocycles. The van der Waals surface area contributed by atoms with Crippen LogP contribution in [-0.2, 0) is 15.4 Å². The van der Waals surface area contributed by atoms with Crippen molar-refractivity contribution < 1.29 is 13.2 Å². The SMILES string of the molecule is CC(C)(C)c1cccc(OCCNS(=O)(=O)c2cccc(Cl)c2)c1. The first-order valence-electron chi connectivity index (χ1n) is 7.67. The van der Waals surface area contributed by atoms with Gasteiger partial charge in [-0.1, -0.05) is 50.6 Å². The van der Waals surface area contributed by atoms with Crippen molar-refractivity contribution in [1.29, 1.82) is 0 Å². The average molecular weight is 368 g/mol. The lowest BCUT2D eigenvalue weighted by Gasteiger charge is -2.19. The van der Waals surface area contributed by atoms with E-state index < -0.39 is 10.0 Å². The van der Waals surface area contributed by atoms with Gasteiger partial charge in [0.25, 0.3) is 0 Å². The third kappa shape index (κ3) is 5.23. The zero-order valence-corrected chi connectivity index (χ0v) is 15.6. The number of nitrogens with one attached hydrogen (secondary N) is 1. The van der Waals surface area contributed by atoms with Crippen molar-refractivity contribution in [2.75, 3.05) is 13.2 Å². The van der Waals surface area contributed by atoms with Crippen LogP contribution in [0, 0.1) is 0 Å². The van der Waals surface area contributed by atoms with Crippen molar-refractivity contribution in [3.63, 3.8) is 0 Å². The Bertz CT molecular complexity index is 798. The Morgan fingerprint density at radius 3 is 2.46 bits per heavy atom. The molecule has 0 atom stereocenters. The molecule has 0 bridgehead atoms. The van der Waals surface area contributed by atoms with Gasteiger partial charge >= 0.3 is 0 Å². The van der Waals surface area contributed by atoms with Crippen LogP contribution < -0.4 is 9.46 Å². The van der Waals surface area contributed by atoms with Crippen LogP contribution in [0.5, 0.6) is 5.75 Å². The van der Waals surface area contributed by atoms with Gasteiger partial charge in [-0.3, -0.25) is 0 Å². The normalized spacial score (nSPS) is 12.2. The predicted molar refractivity (Wildman–Crippen MR) is 97.3 cm³/mol. The molecule has 0 aliphatic carbocycles. The van der Waals surface area contributed by atoms with E-state index >= 15 is 0 Å². The van der Waals surface area contributed by atoms with Gasteiger partial charge in [-0.05, 0) is 41.3 Å². The maximum absolute atomic E-state index is 12.2. The van der Waals surface area contributed by atoms with E-state index in [0.29, 0.717) is 5.02 Å². The first kappa shape index (κ1) is 18.8. The Hall–Kier alpha value is -1.56. The van der Waals surface area contributed by atoms with Crippen LogP contribution in [0.15, 0.2) is 53.4 Å². The summed E-state index contributed by atoms with van der Waals surface area (Å²) in [5, 5.41) is 0.383. The van der Waals surface area contributed by atoms with Crippen molar-refractivity contribution in [2.24, 2.45) is 0 Å². The maximum Gasteiger partial charge on any atom is 0.240 e. The van der Waals surface area contributed by atoms with E-state index in [4.69, 9.17) is 16.3 Å². The van der Waals surface area contributed by atoms with Crippen molar-refractivity contribution in [3.8, 4) is 5.75 Å². The van der Waals surface area contributed by atoms with E-state index in [9.17, 15) is 8.42 Å². The molecule has 0 spiro atoms. The van der Waals surface area contributed by atoms with Crippen LogP contribution in [-0.4, -0.2) is 21.6 Å². The lowest BCUT2D eigenvalue weighted by Crippen LogP contribution is -2.28. The van der Waals surface area contributed by atoms with Crippen molar-refractivity contribution in [2.45, 2.75) is 31.1 Å². The van der Waals surface area contributed by atoms with Gasteiger partial charge < -0.3 is 4.74 Å². The third-order valence-electron chi connectivity index (χ3n) is 3.47. The maximum atomic E-state index is 12.2. The zero-order chi connectivity index (χ0) is 17.8. The monoisotopic (exact) mass is 367 g/mol. The second kappa shape index (κ2) is 7.55. The Morgan fingerprint density at radius 1 is 1.08 bits per heavy atom. The first-order valence-corrected chi connectivity index (χ1v) is 9.53. The number of benzene rings is 2. The summed E-state index contributed by atoms with van der Waals surface area (Å²) in [6.07, 6.45) is 0. The molecule has 0 radical (unpaired) electrons. The molecule has 0 heterocycles. The van der Waals surface area contributed by atoms with Crippen LogP contribution in [0.25, 0.3) is 0 Å². The van der Waals surface area contributed by atoms with Gasteiger partial charge in [0.15, 0.2) is 0 Å². The molecule has 0 saturated carbocycles. The van der Waals surface area contributed by atoms with Gasteiger partial charge in [-0.25, -0.2) is 13.1 Å². The quantitative estimate of drug-likeness (QED) is 0.785. The second-order valence-electron chi connectivity index (χ2n) is 6.48. The van der Waals surface area contributed by atoms with E-state index in [1.165, 1.54) is 17.7 Å². The van der Waals surface area contributed by atoms with Gasteiger partial charge in [-0.2, -0.15) is 0 Å². The standard InChI is InChI=1S/C18H22ClNO3S/c1-18(2,3)14-6-4-8-16(12-14)23-11-10-20-24(21,22)17-9-5-7-15(19)13-17/h4-9,12-13,20H,10-11H2,1-3H3. The molecule has 2 aromatic carbocycles. The largest absolute Gasteiger partial charge is 0.492 e. The van der Waals surface area contributed by atoms with E-state index in [1.807, 2.05) is 18.2 Å². The van der Waals surface area contributed by atoms with Gasteiger partial charge in [-0.15, -0.1) is 0 Å². The van der Waals surface area contributed by atoms with E-state index in [2.05, 4.69) is 31.6 Å². The van der Waals surface area contributed by atoms with Crippen molar-refractivity contribution in [3.05, 3.63) is 59.1 Å². The Kier molecular flexibility index (Phi) is 5.91. The molecule has 6 heteroatoms. The number of sulfonamides is 1. The van der Waals surface area contributed by atoms with E-state index in [0.717, 1.165) is 5.75 Å². The van der Waals surface area contributed by atoms with Crippen molar-refractivity contribution >= 4 is 21.6 Å². The van der Waals surface area contributed by atoms with Gasteiger partial charge in [0.2, 0.25) is 10.0 Å². The second-order valence-corrected chi connectivity index (χ2v) is 8.68. The minimum atomic E-state index is -3.58. The lowest BCUT2D eigenvalue weighted by molar-refractivity contribution is 0.322. The summed E-state index contributed by atoms with van der Waals surface area (Å²) >= 11 is 5.83. The van der Waals surface area contributed by atoms with Crippen LogP contribution in [0.3, 0.4) is 0 Å². The molecule has 130 valence electrons.